The molecule has 0 saturated carbocycles. The molecule has 0 fully saturated rings. The monoisotopic (exact) mass is 336 g/mol. The summed E-state index contributed by atoms with van der Waals surface area (Å²) in [6, 6.07) is 7.41. The van der Waals surface area contributed by atoms with Crippen LogP contribution in [0, 0.1) is 6.92 Å². The van der Waals surface area contributed by atoms with Crippen molar-refractivity contribution in [3.05, 3.63) is 36.2 Å². The Morgan fingerprint density at radius 1 is 1.13 bits per heavy atom. The Morgan fingerprint density at radius 3 is 2.22 bits per heavy atom. The molecule has 0 spiro atoms. The molecule has 0 atom stereocenters. The molecule has 2 rings (SSSR count). The molecule has 0 saturated heterocycles. The maximum absolute atomic E-state index is 12.5. The molecule has 0 unspecified atom stereocenters. The number of hydrogen-bond acceptors (Lipinski definition) is 4. The van der Waals surface area contributed by atoms with Crippen LogP contribution in [-0.4, -0.2) is 31.3 Å². The number of hydrogen-bond donors (Lipinski definition) is 1. The van der Waals surface area contributed by atoms with Gasteiger partial charge < -0.3 is 4.90 Å². The van der Waals surface area contributed by atoms with Gasteiger partial charge in [0.2, 0.25) is 0 Å². The molecule has 126 valence electrons. The normalized spacial score (nSPS) is 11.5. The maximum Gasteiger partial charge on any atom is 0.265 e. The smallest absolute Gasteiger partial charge is 0.265 e. The summed E-state index contributed by atoms with van der Waals surface area (Å²) in [5.41, 5.74) is 2.12. The van der Waals surface area contributed by atoms with Crippen LogP contribution in [0.2, 0.25) is 0 Å². The SMILES string of the molecule is CCN(CC)c1ccc(NS(=O)(=O)c2cn(CC)nc2C)cc1. The standard InChI is InChI=1S/C16H24N4O2S/c1-5-19(6-2)15-10-8-14(9-11-15)18-23(21,22)16-12-20(7-3)17-13(16)4/h8-12,18H,5-7H2,1-4H3. The Hall–Kier alpha value is -2.02. The molecule has 0 aliphatic carbocycles. The van der Waals surface area contributed by atoms with Crippen molar-refractivity contribution in [2.75, 3.05) is 22.7 Å². The third-order valence-corrected chi connectivity index (χ3v) is 5.25. The van der Waals surface area contributed by atoms with Crippen molar-refractivity contribution in [1.29, 1.82) is 0 Å². The highest BCUT2D eigenvalue weighted by Crippen LogP contribution is 2.21. The zero-order valence-electron chi connectivity index (χ0n) is 14.1. The van der Waals surface area contributed by atoms with Gasteiger partial charge in [-0.15, -0.1) is 0 Å². The van der Waals surface area contributed by atoms with Gasteiger partial charge >= 0.3 is 0 Å². The number of benzene rings is 1. The van der Waals surface area contributed by atoms with Crippen molar-refractivity contribution >= 4 is 21.4 Å². The molecular formula is C16H24N4O2S. The zero-order valence-corrected chi connectivity index (χ0v) is 14.9. The molecule has 2 aromatic rings. The van der Waals surface area contributed by atoms with Gasteiger partial charge in [0.25, 0.3) is 10.0 Å². The summed E-state index contributed by atoms with van der Waals surface area (Å²) in [6.45, 7) is 10.3. The Morgan fingerprint density at radius 2 is 1.74 bits per heavy atom. The summed E-state index contributed by atoms with van der Waals surface area (Å²) in [5, 5.41) is 4.19. The van der Waals surface area contributed by atoms with Crippen LogP contribution in [0.1, 0.15) is 26.5 Å². The summed E-state index contributed by atoms with van der Waals surface area (Å²) < 4.78 is 29.2. The van der Waals surface area contributed by atoms with Crippen LogP contribution in [0.25, 0.3) is 0 Å². The largest absolute Gasteiger partial charge is 0.372 e. The minimum Gasteiger partial charge on any atom is -0.372 e. The molecule has 23 heavy (non-hydrogen) atoms. The van der Waals surface area contributed by atoms with E-state index in [-0.39, 0.29) is 4.90 Å². The van der Waals surface area contributed by atoms with Gasteiger partial charge in [-0.25, -0.2) is 8.42 Å². The van der Waals surface area contributed by atoms with Crippen molar-refractivity contribution in [3.63, 3.8) is 0 Å². The fourth-order valence-electron chi connectivity index (χ4n) is 2.46. The quantitative estimate of drug-likeness (QED) is 0.844. The first kappa shape index (κ1) is 17.3. The molecule has 1 N–H and O–H groups in total. The topological polar surface area (TPSA) is 67.2 Å². The maximum atomic E-state index is 12.5. The summed E-state index contributed by atoms with van der Waals surface area (Å²) >= 11 is 0. The van der Waals surface area contributed by atoms with E-state index in [9.17, 15) is 8.42 Å². The Balaban J connectivity index is 2.22. The third kappa shape index (κ3) is 3.85. The summed E-state index contributed by atoms with van der Waals surface area (Å²) in [7, 11) is -3.62. The molecule has 6 nitrogen and oxygen atoms in total. The van der Waals surface area contributed by atoms with Crippen LogP contribution in [0.4, 0.5) is 11.4 Å². The minimum absolute atomic E-state index is 0.215. The Bertz CT molecular complexity index is 747. The van der Waals surface area contributed by atoms with Crippen LogP contribution in [-0.2, 0) is 16.6 Å². The molecule has 1 aromatic carbocycles. The van der Waals surface area contributed by atoms with Gasteiger partial charge in [-0.3, -0.25) is 9.40 Å². The van der Waals surface area contributed by atoms with Crippen LogP contribution >= 0.6 is 0 Å². The van der Waals surface area contributed by atoms with Crippen LogP contribution < -0.4 is 9.62 Å². The van der Waals surface area contributed by atoms with Crippen molar-refractivity contribution in [3.8, 4) is 0 Å². The third-order valence-electron chi connectivity index (χ3n) is 3.76. The van der Waals surface area contributed by atoms with E-state index in [0.717, 1.165) is 18.8 Å². The van der Waals surface area contributed by atoms with Crippen LogP contribution in [0.5, 0.6) is 0 Å². The highest BCUT2D eigenvalue weighted by atomic mass is 32.2. The van der Waals surface area contributed by atoms with E-state index in [0.29, 0.717) is 17.9 Å². The summed E-state index contributed by atoms with van der Waals surface area (Å²) in [5.74, 6) is 0. The first-order valence-electron chi connectivity index (χ1n) is 7.83. The average molecular weight is 336 g/mol. The molecule has 0 aliphatic rings. The van der Waals surface area contributed by atoms with E-state index >= 15 is 0 Å². The van der Waals surface area contributed by atoms with Crippen molar-refractivity contribution in [2.24, 2.45) is 0 Å². The van der Waals surface area contributed by atoms with Gasteiger partial charge in [0.1, 0.15) is 4.90 Å². The highest BCUT2D eigenvalue weighted by molar-refractivity contribution is 7.92. The number of nitrogens with zero attached hydrogens (tertiary/aromatic N) is 3. The summed E-state index contributed by atoms with van der Waals surface area (Å²) in [4.78, 5) is 2.42. The highest BCUT2D eigenvalue weighted by Gasteiger charge is 2.20. The fourth-order valence-corrected chi connectivity index (χ4v) is 3.71. The fraction of sp³-hybridized carbons (Fsp3) is 0.438. The van der Waals surface area contributed by atoms with E-state index in [4.69, 9.17) is 0 Å². The van der Waals surface area contributed by atoms with Crippen LogP contribution in [0.15, 0.2) is 35.4 Å². The number of nitrogens with one attached hydrogen (secondary N) is 1. The van der Waals surface area contributed by atoms with E-state index in [1.165, 1.54) is 0 Å². The van der Waals surface area contributed by atoms with E-state index in [1.807, 2.05) is 19.1 Å². The van der Waals surface area contributed by atoms with Gasteiger partial charge in [-0.05, 0) is 52.0 Å². The predicted molar refractivity (Wildman–Crippen MR) is 93.4 cm³/mol. The number of aryl methyl sites for hydroxylation is 2. The van der Waals surface area contributed by atoms with Gasteiger partial charge in [0.15, 0.2) is 0 Å². The van der Waals surface area contributed by atoms with Gasteiger partial charge in [-0.2, -0.15) is 5.10 Å². The number of rotatable bonds is 7. The minimum atomic E-state index is -3.62. The van der Waals surface area contributed by atoms with Crippen molar-refractivity contribution in [2.45, 2.75) is 39.1 Å². The Kier molecular flexibility index (Phi) is 5.30. The van der Waals surface area contributed by atoms with Gasteiger partial charge in [0, 0.05) is 37.2 Å². The lowest BCUT2D eigenvalue weighted by Crippen LogP contribution is -2.21. The molecule has 1 aromatic heterocycles. The molecule has 0 radical (unpaired) electrons. The first-order chi connectivity index (χ1) is 10.9. The zero-order chi connectivity index (χ0) is 17.0. The second kappa shape index (κ2) is 7.04. The number of aromatic nitrogens is 2. The predicted octanol–water partition coefficient (Wildman–Crippen LogP) is 2.86. The molecule has 0 aliphatic heterocycles. The number of anilines is 2. The lowest BCUT2D eigenvalue weighted by molar-refractivity contribution is 0.600. The lowest BCUT2D eigenvalue weighted by Gasteiger charge is -2.21. The second-order valence-electron chi connectivity index (χ2n) is 5.26. The van der Waals surface area contributed by atoms with Gasteiger partial charge in [0.05, 0.1) is 5.69 Å². The summed E-state index contributed by atoms with van der Waals surface area (Å²) in [6.07, 6.45) is 1.56. The van der Waals surface area contributed by atoms with E-state index in [1.54, 1.807) is 29.9 Å². The molecular weight excluding hydrogens is 312 g/mol. The molecule has 7 heteroatoms. The van der Waals surface area contributed by atoms with E-state index < -0.39 is 10.0 Å². The molecule has 0 amide bonds. The second-order valence-corrected chi connectivity index (χ2v) is 6.91. The van der Waals surface area contributed by atoms with Gasteiger partial charge in [-0.1, -0.05) is 0 Å². The molecule has 1 heterocycles. The molecule has 0 bridgehead atoms. The lowest BCUT2D eigenvalue weighted by atomic mass is 10.2. The Labute approximate surface area is 138 Å². The van der Waals surface area contributed by atoms with Crippen molar-refractivity contribution < 1.29 is 8.42 Å². The average Bonchev–Trinajstić information content (AvgIpc) is 2.92. The number of sulfonamides is 1. The van der Waals surface area contributed by atoms with Crippen LogP contribution in [0.3, 0.4) is 0 Å². The van der Waals surface area contributed by atoms with Crippen molar-refractivity contribution in [1.82, 2.24) is 9.78 Å². The first-order valence-corrected chi connectivity index (χ1v) is 9.31. The van der Waals surface area contributed by atoms with E-state index in [2.05, 4.69) is 28.6 Å².